The fraction of sp³-hybridized carbons (Fsp3) is 0.462. The Labute approximate surface area is 112 Å². The molecule has 0 unspecified atom stereocenters. The molecule has 1 amide bonds. The third-order valence-corrected chi connectivity index (χ3v) is 2.85. The van der Waals surface area contributed by atoms with Crippen molar-refractivity contribution in [2.75, 3.05) is 5.32 Å². The fourth-order valence-corrected chi connectivity index (χ4v) is 1.80. The van der Waals surface area contributed by atoms with E-state index in [-0.39, 0.29) is 12.5 Å². The Morgan fingerprint density at radius 3 is 2.74 bits per heavy atom. The van der Waals surface area contributed by atoms with Crippen molar-refractivity contribution in [3.63, 3.8) is 0 Å². The lowest BCUT2D eigenvalue weighted by Crippen LogP contribution is -2.19. The Kier molecular flexibility index (Phi) is 3.69. The van der Waals surface area contributed by atoms with Gasteiger partial charge in [0.2, 0.25) is 5.91 Å². The van der Waals surface area contributed by atoms with E-state index >= 15 is 0 Å². The van der Waals surface area contributed by atoms with E-state index < -0.39 is 0 Å². The second-order valence-electron chi connectivity index (χ2n) is 4.97. The Morgan fingerprint density at radius 2 is 2.21 bits per heavy atom. The van der Waals surface area contributed by atoms with Crippen molar-refractivity contribution in [1.29, 1.82) is 0 Å². The zero-order valence-corrected chi connectivity index (χ0v) is 11.7. The maximum absolute atomic E-state index is 11.9. The van der Waals surface area contributed by atoms with Crippen LogP contribution in [0.25, 0.3) is 0 Å². The third-order valence-electron chi connectivity index (χ3n) is 2.85. The van der Waals surface area contributed by atoms with E-state index in [4.69, 9.17) is 0 Å². The number of carbonyl (C=O) groups excluding carboxylic acids is 1. The van der Waals surface area contributed by atoms with E-state index in [1.807, 2.05) is 26.2 Å². The quantitative estimate of drug-likeness (QED) is 0.910. The van der Waals surface area contributed by atoms with Gasteiger partial charge in [0.15, 0.2) is 0 Å². The van der Waals surface area contributed by atoms with Crippen LogP contribution in [-0.2, 0) is 18.4 Å². The number of aromatic nitrogens is 4. The van der Waals surface area contributed by atoms with Gasteiger partial charge in [-0.05, 0) is 12.8 Å². The molecule has 0 atom stereocenters. The second kappa shape index (κ2) is 5.26. The summed E-state index contributed by atoms with van der Waals surface area (Å²) in [4.78, 5) is 16.0. The van der Waals surface area contributed by atoms with E-state index in [0.29, 0.717) is 11.7 Å². The van der Waals surface area contributed by atoms with Gasteiger partial charge in [-0.25, -0.2) is 4.98 Å². The summed E-state index contributed by atoms with van der Waals surface area (Å²) in [6.45, 7) is 6.29. The molecule has 0 saturated heterocycles. The van der Waals surface area contributed by atoms with Crippen molar-refractivity contribution in [3.05, 3.63) is 30.0 Å². The van der Waals surface area contributed by atoms with Gasteiger partial charge in [-0.3, -0.25) is 9.48 Å². The van der Waals surface area contributed by atoms with Crippen molar-refractivity contribution >= 4 is 11.7 Å². The molecule has 19 heavy (non-hydrogen) atoms. The Morgan fingerprint density at radius 1 is 1.47 bits per heavy atom. The summed E-state index contributed by atoms with van der Waals surface area (Å²) in [6, 6.07) is 1.90. The van der Waals surface area contributed by atoms with Gasteiger partial charge in [-0.2, -0.15) is 5.10 Å². The molecular weight excluding hydrogens is 242 g/mol. The summed E-state index contributed by atoms with van der Waals surface area (Å²) < 4.78 is 3.44. The maximum atomic E-state index is 11.9. The first-order valence-electron chi connectivity index (χ1n) is 6.28. The molecule has 0 aromatic carbocycles. The van der Waals surface area contributed by atoms with Crippen molar-refractivity contribution in [2.24, 2.45) is 7.05 Å². The van der Waals surface area contributed by atoms with E-state index in [9.17, 15) is 4.79 Å². The zero-order chi connectivity index (χ0) is 14.0. The molecule has 0 saturated carbocycles. The van der Waals surface area contributed by atoms with Crippen LogP contribution < -0.4 is 5.32 Å². The van der Waals surface area contributed by atoms with Gasteiger partial charge >= 0.3 is 0 Å². The molecule has 6 heteroatoms. The van der Waals surface area contributed by atoms with Gasteiger partial charge in [0.1, 0.15) is 12.4 Å². The molecule has 0 aliphatic rings. The molecule has 1 N–H and O–H groups in total. The molecule has 6 nitrogen and oxygen atoms in total. The molecule has 102 valence electrons. The van der Waals surface area contributed by atoms with Crippen LogP contribution in [0.15, 0.2) is 18.6 Å². The second-order valence-corrected chi connectivity index (χ2v) is 4.97. The maximum Gasteiger partial charge on any atom is 0.245 e. The van der Waals surface area contributed by atoms with Crippen LogP contribution in [0.5, 0.6) is 0 Å². The lowest BCUT2D eigenvalue weighted by atomic mass is 10.1. The highest BCUT2D eigenvalue weighted by molar-refractivity contribution is 5.89. The summed E-state index contributed by atoms with van der Waals surface area (Å²) in [5.41, 5.74) is 1.87. The third kappa shape index (κ3) is 3.21. The number of rotatable bonds is 4. The Balaban J connectivity index is 2.02. The Bertz CT molecular complexity index is 582. The topological polar surface area (TPSA) is 64.7 Å². The zero-order valence-electron chi connectivity index (χ0n) is 11.7. The predicted molar refractivity (Wildman–Crippen MR) is 72.9 cm³/mol. The first-order valence-corrected chi connectivity index (χ1v) is 6.28. The van der Waals surface area contributed by atoms with E-state index in [0.717, 1.165) is 11.4 Å². The van der Waals surface area contributed by atoms with Crippen LogP contribution in [0.1, 0.15) is 31.2 Å². The number of imidazole rings is 1. The molecule has 0 bridgehead atoms. The van der Waals surface area contributed by atoms with E-state index in [2.05, 4.69) is 29.2 Å². The van der Waals surface area contributed by atoms with Crippen molar-refractivity contribution in [1.82, 2.24) is 19.3 Å². The van der Waals surface area contributed by atoms with Crippen LogP contribution in [-0.4, -0.2) is 25.2 Å². The van der Waals surface area contributed by atoms with Crippen molar-refractivity contribution < 1.29 is 4.79 Å². The van der Waals surface area contributed by atoms with Crippen LogP contribution in [0.4, 0.5) is 5.82 Å². The highest BCUT2D eigenvalue weighted by Gasteiger charge is 2.11. The molecular formula is C13H19N5O. The highest BCUT2D eigenvalue weighted by Crippen LogP contribution is 2.17. The number of aryl methyl sites for hydroxylation is 2. The van der Waals surface area contributed by atoms with Gasteiger partial charge in [0.25, 0.3) is 0 Å². The monoisotopic (exact) mass is 261 g/mol. The first kappa shape index (κ1) is 13.3. The van der Waals surface area contributed by atoms with Crippen molar-refractivity contribution in [2.45, 2.75) is 33.2 Å². The van der Waals surface area contributed by atoms with E-state index in [1.54, 1.807) is 15.6 Å². The molecule has 0 fully saturated rings. The SMILES string of the molecule is Cc1cn(CC(=O)Nc2cc(C(C)C)nn2C)cn1. The number of amides is 1. The summed E-state index contributed by atoms with van der Waals surface area (Å²) in [7, 11) is 1.82. The largest absolute Gasteiger partial charge is 0.328 e. The van der Waals surface area contributed by atoms with Gasteiger partial charge in [-0.15, -0.1) is 0 Å². The molecule has 0 spiro atoms. The molecule has 2 rings (SSSR count). The highest BCUT2D eigenvalue weighted by atomic mass is 16.2. The minimum absolute atomic E-state index is 0.0873. The number of anilines is 1. The normalized spacial score (nSPS) is 11.0. The smallest absolute Gasteiger partial charge is 0.245 e. The van der Waals surface area contributed by atoms with Crippen LogP contribution in [0.3, 0.4) is 0 Å². The first-order chi connectivity index (χ1) is 8.95. The predicted octanol–water partition coefficient (Wildman–Crippen LogP) is 1.69. The number of hydrogen-bond donors (Lipinski definition) is 1. The standard InChI is InChI=1S/C13H19N5O/c1-9(2)11-5-12(17(4)16-11)15-13(19)7-18-6-10(3)14-8-18/h5-6,8-9H,7H2,1-4H3,(H,15,19). The summed E-state index contributed by atoms with van der Waals surface area (Å²) >= 11 is 0. The minimum Gasteiger partial charge on any atom is -0.328 e. The number of nitrogens with one attached hydrogen (secondary N) is 1. The van der Waals surface area contributed by atoms with Gasteiger partial charge in [0, 0.05) is 19.3 Å². The molecule has 2 aromatic heterocycles. The van der Waals surface area contributed by atoms with E-state index in [1.165, 1.54) is 0 Å². The van der Waals surface area contributed by atoms with Gasteiger partial charge in [-0.1, -0.05) is 13.8 Å². The summed E-state index contributed by atoms with van der Waals surface area (Å²) in [6.07, 6.45) is 3.49. The van der Waals surface area contributed by atoms with Crippen molar-refractivity contribution in [3.8, 4) is 0 Å². The molecule has 2 heterocycles. The summed E-state index contributed by atoms with van der Waals surface area (Å²) in [5.74, 6) is 0.967. The average Bonchev–Trinajstić information content (AvgIpc) is 2.86. The lowest BCUT2D eigenvalue weighted by Gasteiger charge is -2.05. The average molecular weight is 261 g/mol. The van der Waals surface area contributed by atoms with Crippen LogP contribution in [0.2, 0.25) is 0 Å². The van der Waals surface area contributed by atoms with Gasteiger partial charge in [0.05, 0.1) is 17.7 Å². The van der Waals surface area contributed by atoms with Gasteiger partial charge < -0.3 is 9.88 Å². The van der Waals surface area contributed by atoms with Crippen LogP contribution in [0, 0.1) is 6.92 Å². The molecule has 2 aromatic rings. The molecule has 0 aliphatic carbocycles. The number of carbonyl (C=O) groups is 1. The Hall–Kier alpha value is -2.11. The molecule has 0 aliphatic heterocycles. The van der Waals surface area contributed by atoms with Crippen LogP contribution >= 0.6 is 0 Å². The lowest BCUT2D eigenvalue weighted by molar-refractivity contribution is -0.116. The fourth-order valence-electron chi connectivity index (χ4n) is 1.80. The number of nitrogens with zero attached hydrogens (tertiary/aromatic N) is 4. The minimum atomic E-state index is -0.0873. The molecule has 0 radical (unpaired) electrons. The summed E-state index contributed by atoms with van der Waals surface area (Å²) in [5, 5.41) is 7.21. The number of hydrogen-bond acceptors (Lipinski definition) is 3.